The molecule has 0 amide bonds. The van der Waals surface area contributed by atoms with Crippen LogP contribution >= 0.6 is 0 Å². The summed E-state index contributed by atoms with van der Waals surface area (Å²) in [4.78, 5) is 9.92. The van der Waals surface area contributed by atoms with Gasteiger partial charge in [0.15, 0.2) is 0 Å². The second kappa shape index (κ2) is 5.44. The van der Waals surface area contributed by atoms with Crippen LogP contribution in [-0.4, -0.2) is 11.0 Å². The molecule has 1 aromatic carbocycles. The van der Waals surface area contributed by atoms with Gasteiger partial charge in [-0.05, 0) is 19.3 Å². The molecule has 1 atom stereocenters. The van der Waals surface area contributed by atoms with E-state index < -0.39 is 16.4 Å². The summed E-state index contributed by atoms with van der Waals surface area (Å²) in [5.74, 6) is 0.0797. The van der Waals surface area contributed by atoms with Crippen molar-refractivity contribution in [2.24, 2.45) is 5.92 Å². The van der Waals surface area contributed by atoms with Crippen molar-refractivity contribution < 1.29 is 9.31 Å². The van der Waals surface area contributed by atoms with Crippen molar-refractivity contribution in [1.82, 2.24) is 5.32 Å². The maximum absolute atomic E-state index is 13.8. The summed E-state index contributed by atoms with van der Waals surface area (Å²) >= 11 is 0. The van der Waals surface area contributed by atoms with E-state index in [4.69, 9.17) is 0 Å². The summed E-state index contributed by atoms with van der Waals surface area (Å²) in [6.07, 6.45) is 3.67. The van der Waals surface area contributed by atoms with E-state index in [9.17, 15) is 14.5 Å². The minimum atomic E-state index is -0.728. The van der Waals surface area contributed by atoms with Gasteiger partial charge in [0.1, 0.15) is 0 Å². The van der Waals surface area contributed by atoms with Crippen LogP contribution in [0.2, 0.25) is 0 Å². The van der Waals surface area contributed by atoms with E-state index in [2.05, 4.69) is 12.2 Å². The molecule has 0 radical (unpaired) electrons. The molecule has 1 N–H and O–H groups in total. The summed E-state index contributed by atoms with van der Waals surface area (Å²) in [7, 11) is 0. The van der Waals surface area contributed by atoms with Gasteiger partial charge in [-0.25, -0.2) is 0 Å². The molecule has 0 saturated heterocycles. The fourth-order valence-corrected chi connectivity index (χ4v) is 2.06. The highest BCUT2D eigenvalue weighted by Gasteiger charge is 2.23. The van der Waals surface area contributed by atoms with E-state index in [0.717, 1.165) is 12.3 Å². The predicted molar refractivity (Wildman–Crippen MR) is 66.7 cm³/mol. The van der Waals surface area contributed by atoms with Crippen LogP contribution in [0.3, 0.4) is 0 Å². The fraction of sp³-hybridized carbons (Fsp3) is 0.538. The third kappa shape index (κ3) is 3.26. The average Bonchev–Trinajstić information content (AvgIpc) is 3.11. The second-order valence-electron chi connectivity index (χ2n) is 4.97. The minimum Gasteiger partial charge on any atom is -0.310 e. The SMILES string of the molecule is CC(CC1CC1)NCc1cccc([N+](=O)[O-])c1F. The summed E-state index contributed by atoms with van der Waals surface area (Å²) in [6, 6.07) is 4.60. The molecular weight excluding hydrogens is 235 g/mol. The topological polar surface area (TPSA) is 55.2 Å². The van der Waals surface area contributed by atoms with Crippen molar-refractivity contribution in [3.05, 3.63) is 39.7 Å². The molecule has 1 unspecified atom stereocenters. The Hall–Kier alpha value is -1.49. The second-order valence-corrected chi connectivity index (χ2v) is 4.97. The molecule has 1 fully saturated rings. The molecule has 4 nitrogen and oxygen atoms in total. The lowest BCUT2D eigenvalue weighted by Crippen LogP contribution is -2.26. The number of rotatable bonds is 6. The molecule has 1 aromatic rings. The largest absolute Gasteiger partial charge is 0.310 e. The molecule has 2 rings (SSSR count). The minimum absolute atomic E-state index is 0.316. The van der Waals surface area contributed by atoms with Gasteiger partial charge < -0.3 is 5.32 Å². The van der Waals surface area contributed by atoms with E-state index in [1.165, 1.54) is 25.0 Å². The normalized spacial score (nSPS) is 16.6. The number of hydrogen-bond donors (Lipinski definition) is 1. The van der Waals surface area contributed by atoms with Crippen molar-refractivity contribution in [2.75, 3.05) is 0 Å². The van der Waals surface area contributed by atoms with Gasteiger partial charge in [0.25, 0.3) is 0 Å². The lowest BCUT2D eigenvalue weighted by molar-refractivity contribution is -0.387. The standard InChI is InChI=1S/C13H17FN2O2/c1-9(7-10-5-6-10)15-8-11-3-2-4-12(13(11)14)16(17)18/h2-4,9-10,15H,5-8H2,1H3. The van der Waals surface area contributed by atoms with Crippen LogP contribution in [0.15, 0.2) is 18.2 Å². The van der Waals surface area contributed by atoms with Crippen LogP contribution in [0.25, 0.3) is 0 Å². The average molecular weight is 252 g/mol. The van der Waals surface area contributed by atoms with E-state index in [1.54, 1.807) is 6.07 Å². The Balaban J connectivity index is 1.95. The molecule has 98 valence electrons. The number of benzene rings is 1. The Morgan fingerprint density at radius 1 is 1.56 bits per heavy atom. The molecular formula is C13H17FN2O2. The van der Waals surface area contributed by atoms with Crippen LogP contribution in [-0.2, 0) is 6.54 Å². The quantitative estimate of drug-likeness (QED) is 0.625. The molecule has 0 bridgehead atoms. The van der Waals surface area contributed by atoms with Gasteiger partial charge in [-0.1, -0.05) is 25.0 Å². The van der Waals surface area contributed by atoms with Crippen LogP contribution in [0.1, 0.15) is 31.7 Å². The lowest BCUT2D eigenvalue weighted by Gasteiger charge is -2.13. The summed E-state index contributed by atoms with van der Waals surface area (Å²) in [5.41, 5.74) is -0.101. The Morgan fingerprint density at radius 2 is 2.28 bits per heavy atom. The molecule has 18 heavy (non-hydrogen) atoms. The Kier molecular flexibility index (Phi) is 3.91. The van der Waals surface area contributed by atoms with Gasteiger partial charge in [-0.2, -0.15) is 4.39 Å². The van der Waals surface area contributed by atoms with Crippen molar-refractivity contribution in [2.45, 2.75) is 38.8 Å². The van der Waals surface area contributed by atoms with Crippen LogP contribution < -0.4 is 5.32 Å². The van der Waals surface area contributed by atoms with Gasteiger partial charge in [-0.15, -0.1) is 0 Å². The first-order valence-electron chi connectivity index (χ1n) is 6.23. The highest BCUT2D eigenvalue weighted by atomic mass is 19.1. The number of nitrogens with zero attached hydrogens (tertiary/aromatic N) is 1. The smallest absolute Gasteiger partial charge is 0.305 e. The molecule has 0 aromatic heterocycles. The van der Waals surface area contributed by atoms with Gasteiger partial charge >= 0.3 is 5.69 Å². The first-order chi connectivity index (χ1) is 8.58. The number of nitro benzene ring substituents is 1. The van der Waals surface area contributed by atoms with E-state index in [-0.39, 0.29) is 0 Å². The molecule has 5 heteroatoms. The van der Waals surface area contributed by atoms with Crippen molar-refractivity contribution in [3.8, 4) is 0 Å². The fourth-order valence-electron chi connectivity index (χ4n) is 2.06. The zero-order valence-electron chi connectivity index (χ0n) is 10.4. The number of nitrogens with one attached hydrogen (secondary N) is 1. The maximum atomic E-state index is 13.8. The van der Waals surface area contributed by atoms with Gasteiger partial charge in [0, 0.05) is 24.2 Å². The molecule has 1 aliphatic carbocycles. The molecule has 0 heterocycles. The predicted octanol–water partition coefficient (Wildman–Crippen LogP) is 3.01. The summed E-state index contributed by atoms with van der Waals surface area (Å²) in [5, 5.41) is 13.8. The monoisotopic (exact) mass is 252 g/mol. The third-order valence-corrected chi connectivity index (χ3v) is 3.28. The molecule has 0 spiro atoms. The Bertz CT molecular complexity index is 447. The van der Waals surface area contributed by atoms with Crippen LogP contribution in [0.5, 0.6) is 0 Å². The number of halogens is 1. The summed E-state index contributed by atoms with van der Waals surface area (Å²) in [6.45, 7) is 2.40. The van der Waals surface area contributed by atoms with Crippen LogP contribution in [0, 0.1) is 21.8 Å². The van der Waals surface area contributed by atoms with E-state index in [1.807, 2.05) is 0 Å². The third-order valence-electron chi connectivity index (χ3n) is 3.28. The van der Waals surface area contributed by atoms with Crippen molar-refractivity contribution in [1.29, 1.82) is 0 Å². The van der Waals surface area contributed by atoms with Gasteiger partial charge in [0.05, 0.1) is 4.92 Å². The highest BCUT2D eigenvalue weighted by Crippen LogP contribution is 2.33. The molecule has 1 aliphatic rings. The molecule has 0 aliphatic heterocycles. The van der Waals surface area contributed by atoms with Gasteiger partial charge in [-0.3, -0.25) is 10.1 Å². The van der Waals surface area contributed by atoms with E-state index >= 15 is 0 Å². The van der Waals surface area contributed by atoms with Crippen molar-refractivity contribution >= 4 is 5.69 Å². The first-order valence-corrected chi connectivity index (χ1v) is 6.23. The maximum Gasteiger partial charge on any atom is 0.305 e. The zero-order chi connectivity index (χ0) is 13.1. The Morgan fingerprint density at radius 3 is 2.89 bits per heavy atom. The zero-order valence-corrected chi connectivity index (χ0v) is 10.4. The van der Waals surface area contributed by atoms with Gasteiger partial charge in [0.2, 0.25) is 5.82 Å². The Labute approximate surface area is 105 Å². The van der Waals surface area contributed by atoms with E-state index in [0.29, 0.717) is 18.2 Å². The summed E-state index contributed by atoms with van der Waals surface area (Å²) < 4.78 is 13.8. The van der Waals surface area contributed by atoms with Crippen molar-refractivity contribution in [3.63, 3.8) is 0 Å². The first kappa shape index (κ1) is 13.0. The number of nitro groups is 1. The highest BCUT2D eigenvalue weighted by molar-refractivity contribution is 5.36. The molecule has 1 saturated carbocycles. The lowest BCUT2D eigenvalue weighted by atomic mass is 10.1. The number of hydrogen-bond acceptors (Lipinski definition) is 3. The van der Waals surface area contributed by atoms with Crippen LogP contribution in [0.4, 0.5) is 10.1 Å².